The van der Waals surface area contributed by atoms with Crippen LogP contribution in [0.15, 0.2) is 35.1 Å². The normalized spacial score (nSPS) is 14.3. The van der Waals surface area contributed by atoms with Crippen LogP contribution in [0.3, 0.4) is 0 Å². The zero-order valence-electron chi connectivity index (χ0n) is 13.2. The van der Waals surface area contributed by atoms with Crippen molar-refractivity contribution in [3.63, 3.8) is 0 Å². The van der Waals surface area contributed by atoms with Gasteiger partial charge in [0.1, 0.15) is 18.2 Å². The van der Waals surface area contributed by atoms with Crippen molar-refractivity contribution in [1.29, 1.82) is 0 Å². The molecule has 0 aliphatic carbocycles. The minimum absolute atomic E-state index is 0.0675. The molecule has 1 saturated heterocycles. The zero-order chi connectivity index (χ0) is 16.2. The van der Waals surface area contributed by atoms with Gasteiger partial charge in [-0.05, 0) is 44.0 Å². The maximum atomic E-state index is 12.9. The van der Waals surface area contributed by atoms with E-state index in [1.165, 1.54) is 18.2 Å². The highest BCUT2D eigenvalue weighted by atomic mass is 19.1. The maximum Gasteiger partial charge on any atom is 0.255 e. The summed E-state index contributed by atoms with van der Waals surface area (Å²) in [7, 11) is 0. The number of nitrogens with zero attached hydrogens (tertiary/aromatic N) is 3. The molecule has 1 aliphatic rings. The first-order valence-corrected chi connectivity index (χ1v) is 7.85. The maximum absolute atomic E-state index is 12.9. The van der Waals surface area contributed by atoms with Crippen LogP contribution in [0.4, 0.5) is 10.3 Å². The minimum atomic E-state index is -0.298. The Balaban J connectivity index is 1.73. The molecule has 1 fully saturated rings. The average molecular weight is 317 g/mol. The summed E-state index contributed by atoms with van der Waals surface area (Å²) >= 11 is 0. The standard InChI is InChI=1S/C17H20FN3O2/c1-13-12-16(22)21(17(19-13)20-8-2-3-9-20)10-11-23-15-6-4-14(18)5-7-15/h4-7,12H,2-3,8-11H2,1H3. The van der Waals surface area contributed by atoms with E-state index in [0.717, 1.165) is 37.6 Å². The van der Waals surface area contributed by atoms with Crippen LogP contribution in [0.1, 0.15) is 18.5 Å². The van der Waals surface area contributed by atoms with E-state index in [1.807, 2.05) is 6.92 Å². The predicted molar refractivity (Wildman–Crippen MR) is 86.6 cm³/mol. The van der Waals surface area contributed by atoms with Gasteiger partial charge < -0.3 is 9.64 Å². The molecule has 0 amide bonds. The van der Waals surface area contributed by atoms with Crippen LogP contribution in [0, 0.1) is 12.7 Å². The lowest BCUT2D eigenvalue weighted by Crippen LogP contribution is -2.32. The van der Waals surface area contributed by atoms with Crippen molar-refractivity contribution in [2.75, 3.05) is 24.6 Å². The van der Waals surface area contributed by atoms with Gasteiger partial charge in [-0.1, -0.05) is 0 Å². The fourth-order valence-electron chi connectivity index (χ4n) is 2.76. The number of aromatic nitrogens is 2. The van der Waals surface area contributed by atoms with Crippen LogP contribution in [0.5, 0.6) is 5.75 Å². The quantitative estimate of drug-likeness (QED) is 0.849. The summed E-state index contributed by atoms with van der Waals surface area (Å²) in [5, 5.41) is 0. The summed E-state index contributed by atoms with van der Waals surface area (Å²) in [5.41, 5.74) is 0.662. The Morgan fingerprint density at radius 1 is 1.22 bits per heavy atom. The molecule has 6 heteroatoms. The molecule has 2 aromatic rings. The molecule has 23 heavy (non-hydrogen) atoms. The number of hydrogen-bond donors (Lipinski definition) is 0. The lowest BCUT2D eigenvalue weighted by Gasteiger charge is -2.21. The Bertz CT molecular complexity index is 722. The number of aryl methyl sites for hydroxylation is 1. The Hall–Kier alpha value is -2.37. The highest BCUT2D eigenvalue weighted by Gasteiger charge is 2.18. The molecule has 0 N–H and O–H groups in total. The second-order valence-electron chi connectivity index (χ2n) is 5.68. The number of benzene rings is 1. The highest BCUT2D eigenvalue weighted by molar-refractivity contribution is 5.33. The summed E-state index contributed by atoms with van der Waals surface area (Å²) < 4.78 is 20.1. The molecule has 1 aromatic heterocycles. The number of anilines is 1. The second-order valence-corrected chi connectivity index (χ2v) is 5.68. The van der Waals surface area contributed by atoms with Crippen molar-refractivity contribution >= 4 is 5.95 Å². The third kappa shape index (κ3) is 3.70. The smallest absolute Gasteiger partial charge is 0.255 e. The van der Waals surface area contributed by atoms with Crippen molar-refractivity contribution in [2.45, 2.75) is 26.3 Å². The third-order valence-electron chi connectivity index (χ3n) is 3.90. The number of halogens is 1. The van der Waals surface area contributed by atoms with Gasteiger partial charge in [-0.15, -0.1) is 0 Å². The lowest BCUT2D eigenvalue weighted by atomic mass is 10.3. The van der Waals surface area contributed by atoms with Gasteiger partial charge in [-0.25, -0.2) is 9.37 Å². The Morgan fingerprint density at radius 3 is 2.61 bits per heavy atom. The van der Waals surface area contributed by atoms with Gasteiger partial charge in [-0.2, -0.15) is 0 Å². The Labute approximate surface area is 134 Å². The van der Waals surface area contributed by atoms with Crippen LogP contribution in [-0.2, 0) is 6.54 Å². The van der Waals surface area contributed by atoms with Gasteiger partial charge in [-0.3, -0.25) is 9.36 Å². The minimum Gasteiger partial charge on any atom is -0.492 e. The Morgan fingerprint density at radius 2 is 1.91 bits per heavy atom. The topological polar surface area (TPSA) is 47.4 Å². The summed E-state index contributed by atoms with van der Waals surface area (Å²) in [4.78, 5) is 19.0. The van der Waals surface area contributed by atoms with E-state index >= 15 is 0 Å². The van der Waals surface area contributed by atoms with Gasteiger partial charge in [0.2, 0.25) is 5.95 Å². The van der Waals surface area contributed by atoms with E-state index in [1.54, 1.807) is 16.7 Å². The largest absolute Gasteiger partial charge is 0.492 e. The molecular weight excluding hydrogens is 297 g/mol. The van der Waals surface area contributed by atoms with Crippen molar-refractivity contribution < 1.29 is 9.13 Å². The van der Waals surface area contributed by atoms with Crippen LogP contribution >= 0.6 is 0 Å². The molecule has 1 aromatic carbocycles. The van der Waals surface area contributed by atoms with E-state index in [9.17, 15) is 9.18 Å². The average Bonchev–Trinajstić information content (AvgIpc) is 3.05. The fourth-order valence-corrected chi connectivity index (χ4v) is 2.76. The van der Waals surface area contributed by atoms with E-state index in [-0.39, 0.29) is 11.4 Å². The van der Waals surface area contributed by atoms with Crippen LogP contribution in [-0.4, -0.2) is 29.2 Å². The number of rotatable bonds is 5. The summed E-state index contributed by atoms with van der Waals surface area (Å²) in [6, 6.07) is 7.40. The van der Waals surface area contributed by atoms with Gasteiger partial charge in [0.05, 0.1) is 6.54 Å². The first-order chi connectivity index (χ1) is 11.1. The van der Waals surface area contributed by atoms with E-state index in [4.69, 9.17) is 4.74 Å². The van der Waals surface area contributed by atoms with Crippen LogP contribution in [0.2, 0.25) is 0 Å². The molecule has 0 unspecified atom stereocenters. The van der Waals surface area contributed by atoms with E-state index in [0.29, 0.717) is 18.9 Å². The second kappa shape index (κ2) is 6.81. The van der Waals surface area contributed by atoms with Crippen molar-refractivity contribution in [2.24, 2.45) is 0 Å². The molecular formula is C17H20FN3O2. The highest BCUT2D eigenvalue weighted by Crippen LogP contribution is 2.17. The molecule has 0 spiro atoms. The SMILES string of the molecule is Cc1cc(=O)n(CCOc2ccc(F)cc2)c(N2CCCC2)n1. The number of hydrogen-bond acceptors (Lipinski definition) is 4. The molecule has 2 heterocycles. The van der Waals surface area contributed by atoms with Gasteiger partial charge in [0.15, 0.2) is 0 Å². The molecule has 122 valence electrons. The van der Waals surface area contributed by atoms with Crippen molar-refractivity contribution in [1.82, 2.24) is 9.55 Å². The van der Waals surface area contributed by atoms with Gasteiger partial charge >= 0.3 is 0 Å². The Kier molecular flexibility index (Phi) is 4.60. The van der Waals surface area contributed by atoms with E-state index in [2.05, 4.69) is 9.88 Å². The number of ether oxygens (including phenoxy) is 1. The lowest BCUT2D eigenvalue weighted by molar-refractivity contribution is 0.295. The zero-order valence-corrected chi connectivity index (χ0v) is 13.2. The van der Waals surface area contributed by atoms with Crippen molar-refractivity contribution in [3.8, 4) is 5.75 Å². The summed E-state index contributed by atoms with van der Waals surface area (Å²) in [5.74, 6) is 1.00. The molecule has 3 rings (SSSR count). The van der Waals surface area contributed by atoms with Crippen LogP contribution < -0.4 is 15.2 Å². The molecule has 0 bridgehead atoms. The first kappa shape index (κ1) is 15.5. The third-order valence-corrected chi connectivity index (χ3v) is 3.90. The predicted octanol–water partition coefficient (Wildman–Crippen LogP) is 2.37. The summed E-state index contributed by atoms with van der Waals surface area (Å²) in [6.07, 6.45) is 2.24. The van der Waals surface area contributed by atoms with Gasteiger partial charge in [0, 0.05) is 24.8 Å². The van der Waals surface area contributed by atoms with Crippen LogP contribution in [0.25, 0.3) is 0 Å². The van der Waals surface area contributed by atoms with Crippen molar-refractivity contribution in [3.05, 3.63) is 52.2 Å². The molecule has 1 aliphatic heterocycles. The molecule has 0 radical (unpaired) electrons. The fraction of sp³-hybridized carbons (Fsp3) is 0.412. The molecule has 0 atom stereocenters. The first-order valence-electron chi connectivity index (χ1n) is 7.85. The molecule has 5 nitrogen and oxygen atoms in total. The summed E-state index contributed by atoms with van der Waals surface area (Å²) in [6.45, 7) is 4.43. The monoisotopic (exact) mass is 317 g/mol. The van der Waals surface area contributed by atoms with Gasteiger partial charge in [0.25, 0.3) is 5.56 Å². The van der Waals surface area contributed by atoms with E-state index < -0.39 is 0 Å². The molecule has 0 saturated carbocycles.